The van der Waals surface area contributed by atoms with Crippen molar-refractivity contribution in [2.75, 3.05) is 32.8 Å². The average molecular weight is 484 g/mol. The highest BCUT2D eigenvalue weighted by molar-refractivity contribution is 6.31. The Morgan fingerprint density at radius 3 is 2.50 bits per heavy atom. The van der Waals surface area contributed by atoms with Crippen LogP contribution in [-0.4, -0.2) is 54.4 Å². The summed E-state index contributed by atoms with van der Waals surface area (Å²) in [5.41, 5.74) is 6.21. The van der Waals surface area contributed by atoms with Gasteiger partial charge in [-0.1, -0.05) is 37.6 Å². The van der Waals surface area contributed by atoms with Gasteiger partial charge in [0.15, 0.2) is 12.0 Å². The number of primary amides is 1. The van der Waals surface area contributed by atoms with Crippen molar-refractivity contribution < 1.29 is 18.7 Å². The molecule has 1 atom stereocenters. The number of halogens is 1. The lowest BCUT2D eigenvalue weighted by Crippen LogP contribution is -2.37. The van der Waals surface area contributed by atoms with Crippen LogP contribution >= 0.6 is 11.6 Å². The molecule has 0 saturated carbocycles. The molecule has 2 heterocycles. The predicted octanol–water partition coefficient (Wildman–Crippen LogP) is 3.20. The van der Waals surface area contributed by atoms with Gasteiger partial charge in [-0.25, -0.2) is 0 Å². The van der Waals surface area contributed by atoms with E-state index in [0.29, 0.717) is 40.4 Å². The number of carbonyl (C=O) groups is 2. The molecule has 0 spiro atoms. The number of carbonyl (C=O) groups excluding carboxylic acids is 2. The lowest BCUT2D eigenvalue weighted by atomic mass is 9.98. The molecule has 3 aromatic rings. The molecule has 178 valence electrons. The van der Waals surface area contributed by atoms with Crippen LogP contribution < -0.4 is 15.9 Å². The summed E-state index contributed by atoms with van der Waals surface area (Å²) < 4.78 is 11.3. The summed E-state index contributed by atoms with van der Waals surface area (Å²) in [5, 5.41) is 0.742. The quantitative estimate of drug-likeness (QED) is 0.501. The van der Waals surface area contributed by atoms with E-state index in [1.165, 1.54) is 0 Å². The monoisotopic (exact) mass is 483 g/mol. The molecule has 1 aliphatic rings. The topological polar surface area (TPSA) is 106 Å². The number of nitrogens with zero attached hydrogens (tertiary/aromatic N) is 2. The number of fused-ring (bicyclic) bond motifs is 2. The van der Waals surface area contributed by atoms with E-state index in [9.17, 15) is 14.4 Å². The lowest BCUT2D eigenvalue weighted by molar-refractivity contribution is -0.119. The van der Waals surface area contributed by atoms with E-state index in [2.05, 4.69) is 18.7 Å². The molecule has 9 heteroatoms. The first-order valence-corrected chi connectivity index (χ1v) is 11.5. The zero-order valence-electron chi connectivity index (χ0n) is 19.0. The van der Waals surface area contributed by atoms with Crippen LogP contribution in [0.1, 0.15) is 41.6 Å². The Labute approximate surface area is 201 Å². The number of hydrogen-bond acceptors (Lipinski definition) is 6. The number of benzene rings is 2. The van der Waals surface area contributed by atoms with Gasteiger partial charge in [0.1, 0.15) is 11.3 Å². The lowest BCUT2D eigenvalue weighted by Gasteiger charge is -2.28. The van der Waals surface area contributed by atoms with Crippen molar-refractivity contribution in [3.63, 3.8) is 0 Å². The molecular weight excluding hydrogens is 458 g/mol. The van der Waals surface area contributed by atoms with E-state index < -0.39 is 11.9 Å². The Morgan fingerprint density at radius 1 is 1.15 bits per heavy atom. The molecule has 8 nitrogen and oxygen atoms in total. The molecule has 0 radical (unpaired) electrons. The van der Waals surface area contributed by atoms with Gasteiger partial charge < -0.3 is 24.7 Å². The number of hydrogen-bond donors (Lipinski definition) is 1. The molecular formula is C25H26ClN3O5. The molecule has 2 amide bonds. The highest BCUT2D eigenvalue weighted by Crippen LogP contribution is 2.38. The smallest absolute Gasteiger partial charge is 0.290 e. The number of rotatable bonds is 9. The van der Waals surface area contributed by atoms with E-state index >= 15 is 0 Å². The van der Waals surface area contributed by atoms with E-state index in [0.717, 1.165) is 18.7 Å². The Balaban J connectivity index is 1.79. The maximum Gasteiger partial charge on any atom is 0.290 e. The molecule has 1 aliphatic heterocycles. The molecule has 34 heavy (non-hydrogen) atoms. The number of ether oxygens (including phenoxy) is 1. The molecule has 0 fully saturated rings. The number of likely N-dealkylation sites (N-methyl/N-ethyl adjacent to an activating group) is 1. The van der Waals surface area contributed by atoms with Crippen molar-refractivity contribution in [1.82, 2.24) is 9.80 Å². The van der Waals surface area contributed by atoms with E-state index in [4.69, 9.17) is 26.5 Å². The second-order valence-electron chi connectivity index (χ2n) is 8.07. The largest absolute Gasteiger partial charge is 0.484 e. The predicted molar refractivity (Wildman–Crippen MR) is 129 cm³/mol. The van der Waals surface area contributed by atoms with Gasteiger partial charge in [-0.05, 0) is 49.0 Å². The molecule has 2 N–H and O–H groups in total. The van der Waals surface area contributed by atoms with Gasteiger partial charge in [0.25, 0.3) is 11.8 Å². The summed E-state index contributed by atoms with van der Waals surface area (Å²) in [5.74, 6) is -0.391. The SMILES string of the molecule is CCN(CC)CCN1C(=O)c2oc3ccc(Cl)cc3c(=O)c2C1c1ccc(OCC(N)=O)cc1. The Hall–Kier alpha value is -3.36. The summed E-state index contributed by atoms with van der Waals surface area (Å²) >= 11 is 6.13. The summed E-state index contributed by atoms with van der Waals surface area (Å²) in [6.45, 7) is 6.66. The fourth-order valence-corrected chi connectivity index (χ4v) is 4.43. The van der Waals surface area contributed by atoms with Crippen LogP contribution in [0.5, 0.6) is 5.75 Å². The van der Waals surface area contributed by atoms with Gasteiger partial charge in [0, 0.05) is 18.1 Å². The number of amides is 2. The Bertz CT molecular complexity index is 1280. The first kappa shape index (κ1) is 23.8. The van der Waals surface area contributed by atoms with Gasteiger partial charge >= 0.3 is 0 Å². The fourth-order valence-electron chi connectivity index (χ4n) is 4.26. The standard InChI is InChI=1S/C25H26ClN3O5/c1-3-28(4-2)11-12-29-22(15-5-8-17(9-6-15)33-14-20(27)30)21-23(31)18-13-16(26)7-10-19(18)34-24(21)25(29)32/h5-10,13,22H,3-4,11-12,14H2,1-2H3,(H2,27,30). The molecule has 4 rings (SSSR count). The third-order valence-corrected chi connectivity index (χ3v) is 6.29. The van der Waals surface area contributed by atoms with E-state index in [1.807, 2.05) is 0 Å². The zero-order chi connectivity index (χ0) is 24.4. The Morgan fingerprint density at radius 2 is 1.85 bits per heavy atom. The van der Waals surface area contributed by atoms with Gasteiger partial charge in [0.05, 0.1) is 17.0 Å². The minimum absolute atomic E-state index is 0.0541. The number of nitrogens with two attached hydrogens (primary N) is 1. The van der Waals surface area contributed by atoms with Crippen molar-refractivity contribution in [3.8, 4) is 5.75 Å². The summed E-state index contributed by atoms with van der Waals surface area (Å²) in [6, 6.07) is 11.1. The minimum Gasteiger partial charge on any atom is -0.484 e. The van der Waals surface area contributed by atoms with Crippen LogP contribution in [0.4, 0.5) is 0 Å². The fraction of sp³-hybridized carbons (Fsp3) is 0.320. The van der Waals surface area contributed by atoms with Gasteiger partial charge in [-0.2, -0.15) is 0 Å². The van der Waals surface area contributed by atoms with Crippen LogP contribution in [0, 0.1) is 0 Å². The van der Waals surface area contributed by atoms with Crippen molar-refractivity contribution in [1.29, 1.82) is 0 Å². The second-order valence-corrected chi connectivity index (χ2v) is 8.50. The third kappa shape index (κ3) is 4.51. The molecule has 0 saturated heterocycles. The first-order valence-electron chi connectivity index (χ1n) is 11.1. The second kappa shape index (κ2) is 9.87. The van der Waals surface area contributed by atoms with Gasteiger partial charge in [-0.15, -0.1) is 0 Å². The Kier molecular flexibility index (Phi) is 6.90. The maximum absolute atomic E-state index is 13.6. The summed E-state index contributed by atoms with van der Waals surface area (Å²) in [7, 11) is 0. The van der Waals surface area contributed by atoms with Crippen LogP contribution in [-0.2, 0) is 4.79 Å². The maximum atomic E-state index is 13.6. The summed E-state index contributed by atoms with van der Waals surface area (Å²) in [4.78, 5) is 41.9. The third-order valence-electron chi connectivity index (χ3n) is 6.06. The van der Waals surface area contributed by atoms with Crippen molar-refractivity contribution in [3.05, 3.63) is 74.6 Å². The summed E-state index contributed by atoms with van der Waals surface area (Å²) in [6.07, 6.45) is 0. The van der Waals surface area contributed by atoms with Crippen LogP contribution in [0.15, 0.2) is 51.7 Å². The highest BCUT2D eigenvalue weighted by Gasteiger charge is 2.42. The zero-order valence-corrected chi connectivity index (χ0v) is 19.8. The molecule has 0 bridgehead atoms. The van der Waals surface area contributed by atoms with Crippen LogP contribution in [0.3, 0.4) is 0 Å². The van der Waals surface area contributed by atoms with Crippen molar-refractivity contribution in [2.45, 2.75) is 19.9 Å². The van der Waals surface area contributed by atoms with Crippen LogP contribution in [0.2, 0.25) is 5.02 Å². The molecule has 1 aromatic heterocycles. The average Bonchev–Trinajstić information content (AvgIpc) is 3.11. The van der Waals surface area contributed by atoms with E-state index in [-0.39, 0.29) is 23.7 Å². The molecule has 0 aliphatic carbocycles. The molecule has 2 aromatic carbocycles. The normalized spacial score (nSPS) is 15.2. The molecule has 1 unspecified atom stereocenters. The van der Waals surface area contributed by atoms with E-state index in [1.54, 1.807) is 47.4 Å². The van der Waals surface area contributed by atoms with Crippen molar-refractivity contribution in [2.24, 2.45) is 5.73 Å². The van der Waals surface area contributed by atoms with Crippen molar-refractivity contribution >= 4 is 34.4 Å². The highest BCUT2D eigenvalue weighted by atomic mass is 35.5. The van der Waals surface area contributed by atoms with Crippen LogP contribution in [0.25, 0.3) is 11.0 Å². The van der Waals surface area contributed by atoms with Gasteiger partial charge in [0.2, 0.25) is 5.76 Å². The first-order chi connectivity index (χ1) is 16.3. The minimum atomic E-state index is -0.622. The van der Waals surface area contributed by atoms with Gasteiger partial charge in [-0.3, -0.25) is 14.4 Å².